The lowest BCUT2D eigenvalue weighted by atomic mass is 10.1. The van der Waals surface area contributed by atoms with Crippen molar-refractivity contribution in [1.82, 2.24) is 15.3 Å². The van der Waals surface area contributed by atoms with Crippen LogP contribution in [-0.4, -0.2) is 30.5 Å². The number of aromatic nitrogens is 2. The molecule has 2 N–H and O–H groups in total. The molecule has 1 unspecified atom stereocenters. The van der Waals surface area contributed by atoms with Crippen LogP contribution in [-0.2, 0) is 15.6 Å². The van der Waals surface area contributed by atoms with Crippen molar-refractivity contribution in [3.05, 3.63) is 52.2 Å². The van der Waals surface area contributed by atoms with Gasteiger partial charge in [0.25, 0.3) is 5.91 Å². The zero-order chi connectivity index (χ0) is 18.2. The van der Waals surface area contributed by atoms with Gasteiger partial charge in [0.05, 0.1) is 11.6 Å². The molecule has 3 rings (SSSR count). The Labute approximate surface area is 142 Å². The Hall–Kier alpha value is -2.88. The van der Waals surface area contributed by atoms with Gasteiger partial charge in [0.2, 0.25) is 5.89 Å². The van der Waals surface area contributed by atoms with Crippen LogP contribution in [0, 0.1) is 0 Å². The summed E-state index contributed by atoms with van der Waals surface area (Å²) in [4.78, 5) is 29.8. The zero-order valence-electron chi connectivity index (χ0n) is 13.4. The van der Waals surface area contributed by atoms with Gasteiger partial charge in [-0.05, 0) is 24.6 Å². The summed E-state index contributed by atoms with van der Waals surface area (Å²) in [6.07, 6.45) is 2.16. The van der Waals surface area contributed by atoms with Gasteiger partial charge in [0, 0.05) is 6.26 Å². The summed E-state index contributed by atoms with van der Waals surface area (Å²) < 4.78 is 32.4. The smallest absolute Gasteiger partial charge is 0.417 e. The Morgan fingerprint density at radius 3 is 2.88 bits per heavy atom. The van der Waals surface area contributed by atoms with Crippen molar-refractivity contribution in [2.75, 3.05) is 6.26 Å². The second-order valence-electron chi connectivity index (χ2n) is 5.66. The molecule has 2 aromatic heterocycles. The van der Waals surface area contributed by atoms with E-state index in [0.29, 0.717) is 11.1 Å². The topological polar surface area (TPSA) is 135 Å². The Morgan fingerprint density at radius 2 is 2.16 bits per heavy atom. The standard InChI is InChI=1S/C15H15N3O6S/c1-8(9-3-4-10-12(5-9)24-15(20)18-10)16-14(19)11-6-23-13(17-11)7-25(2,21)22/h3-6,8H,7H2,1-2H3,(H,16,19)(H,18,20). The molecule has 0 fully saturated rings. The average Bonchev–Trinajstić information content (AvgIpc) is 3.09. The van der Waals surface area contributed by atoms with E-state index in [0.717, 1.165) is 18.1 Å². The van der Waals surface area contributed by atoms with Gasteiger partial charge < -0.3 is 14.2 Å². The molecule has 1 atom stereocenters. The fourth-order valence-electron chi connectivity index (χ4n) is 2.29. The fourth-order valence-corrected chi connectivity index (χ4v) is 2.87. The summed E-state index contributed by atoms with van der Waals surface area (Å²) in [5, 5.41) is 2.72. The first-order valence-corrected chi connectivity index (χ1v) is 9.33. The molecule has 132 valence electrons. The van der Waals surface area contributed by atoms with Crippen molar-refractivity contribution >= 4 is 26.8 Å². The van der Waals surface area contributed by atoms with Gasteiger partial charge in [-0.1, -0.05) is 6.07 Å². The van der Waals surface area contributed by atoms with E-state index >= 15 is 0 Å². The van der Waals surface area contributed by atoms with Crippen molar-refractivity contribution in [3.8, 4) is 0 Å². The molecular formula is C15H15N3O6S. The highest BCUT2D eigenvalue weighted by atomic mass is 32.2. The van der Waals surface area contributed by atoms with E-state index in [2.05, 4.69) is 15.3 Å². The van der Waals surface area contributed by atoms with Crippen LogP contribution in [0.4, 0.5) is 0 Å². The number of fused-ring (bicyclic) bond motifs is 1. The Balaban J connectivity index is 1.74. The summed E-state index contributed by atoms with van der Waals surface area (Å²) in [6, 6.07) is 4.68. The molecule has 10 heteroatoms. The second-order valence-corrected chi connectivity index (χ2v) is 7.80. The molecule has 25 heavy (non-hydrogen) atoms. The van der Waals surface area contributed by atoms with Gasteiger partial charge in [-0.15, -0.1) is 0 Å². The molecule has 0 spiro atoms. The number of hydrogen-bond acceptors (Lipinski definition) is 7. The van der Waals surface area contributed by atoms with Gasteiger partial charge in [-0.25, -0.2) is 18.2 Å². The quantitative estimate of drug-likeness (QED) is 0.692. The number of sulfone groups is 1. The van der Waals surface area contributed by atoms with E-state index in [1.165, 1.54) is 0 Å². The normalized spacial score (nSPS) is 13.0. The summed E-state index contributed by atoms with van der Waals surface area (Å²) in [5.74, 6) is -1.48. The molecular weight excluding hydrogens is 350 g/mol. The van der Waals surface area contributed by atoms with Crippen molar-refractivity contribution < 1.29 is 22.0 Å². The molecule has 0 aliphatic carbocycles. The number of benzene rings is 1. The van der Waals surface area contributed by atoms with Crippen LogP contribution < -0.4 is 11.1 Å². The third-order valence-corrected chi connectivity index (χ3v) is 4.23. The number of carbonyl (C=O) groups excluding carboxylic acids is 1. The molecule has 1 amide bonds. The fraction of sp³-hybridized carbons (Fsp3) is 0.267. The lowest BCUT2D eigenvalue weighted by molar-refractivity contribution is 0.0934. The van der Waals surface area contributed by atoms with E-state index < -0.39 is 27.5 Å². The molecule has 1 aromatic carbocycles. The number of amides is 1. The molecule has 0 saturated carbocycles. The minimum Gasteiger partial charge on any atom is -0.447 e. The molecule has 0 saturated heterocycles. The Bertz CT molecular complexity index is 1090. The van der Waals surface area contributed by atoms with Crippen molar-refractivity contribution in [2.24, 2.45) is 0 Å². The van der Waals surface area contributed by atoms with Crippen LogP contribution in [0.1, 0.15) is 34.9 Å². The van der Waals surface area contributed by atoms with Crippen molar-refractivity contribution in [1.29, 1.82) is 0 Å². The van der Waals surface area contributed by atoms with Crippen LogP contribution in [0.2, 0.25) is 0 Å². The predicted molar refractivity (Wildman–Crippen MR) is 87.8 cm³/mol. The lowest BCUT2D eigenvalue weighted by Gasteiger charge is -2.13. The molecule has 0 bridgehead atoms. The van der Waals surface area contributed by atoms with Crippen LogP contribution >= 0.6 is 0 Å². The SMILES string of the molecule is CC(NC(=O)c1coc(CS(C)(=O)=O)n1)c1ccc2[nH]c(=O)oc2c1. The number of nitrogens with one attached hydrogen (secondary N) is 2. The third-order valence-electron chi connectivity index (χ3n) is 3.46. The van der Waals surface area contributed by atoms with Crippen LogP contribution in [0.5, 0.6) is 0 Å². The summed E-state index contributed by atoms with van der Waals surface area (Å²) in [7, 11) is -3.30. The minimum atomic E-state index is -3.30. The molecule has 0 aliphatic rings. The molecule has 0 radical (unpaired) electrons. The van der Waals surface area contributed by atoms with Crippen LogP contribution in [0.15, 0.2) is 38.1 Å². The van der Waals surface area contributed by atoms with Gasteiger partial charge in [-0.3, -0.25) is 9.78 Å². The van der Waals surface area contributed by atoms with E-state index in [1.807, 2.05) is 0 Å². The maximum Gasteiger partial charge on any atom is 0.417 e. The zero-order valence-corrected chi connectivity index (χ0v) is 14.2. The second kappa shape index (κ2) is 6.20. The minimum absolute atomic E-state index is 0.0141. The van der Waals surface area contributed by atoms with E-state index in [-0.39, 0.29) is 17.3 Å². The number of aromatic amines is 1. The van der Waals surface area contributed by atoms with Crippen LogP contribution in [0.25, 0.3) is 11.1 Å². The van der Waals surface area contributed by atoms with Gasteiger partial charge in [0.15, 0.2) is 21.1 Å². The lowest BCUT2D eigenvalue weighted by Crippen LogP contribution is -2.27. The van der Waals surface area contributed by atoms with Crippen LogP contribution in [0.3, 0.4) is 0 Å². The van der Waals surface area contributed by atoms with Crippen molar-refractivity contribution in [2.45, 2.75) is 18.7 Å². The highest BCUT2D eigenvalue weighted by Gasteiger charge is 2.18. The largest absolute Gasteiger partial charge is 0.447 e. The van der Waals surface area contributed by atoms with Gasteiger partial charge in [0.1, 0.15) is 12.0 Å². The number of hydrogen-bond donors (Lipinski definition) is 2. The first kappa shape index (κ1) is 17.0. The first-order chi connectivity index (χ1) is 11.7. The number of rotatable bonds is 5. The third kappa shape index (κ3) is 3.97. The first-order valence-electron chi connectivity index (χ1n) is 7.27. The van der Waals surface area contributed by atoms with Gasteiger partial charge in [-0.2, -0.15) is 0 Å². The summed E-state index contributed by atoms with van der Waals surface area (Å²) in [5.41, 5.74) is 1.66. The highest BCUT2D eigenvalue weighted by Crippen LogP contribution is 2.19. The molecule has 3 aromatic rings. The maximum absolute atomic E-state index is 12.2. The monoisotopic (exact) mass is 365 g/mol. The average molecular weight is 365 g/mol. The predicted octanol–water partition coefficient (Wildman–Crippen LogP) is 1.14. The molecule has 2 heterocycles. The number of H-pyrrole nitrogens is 1. The maximum atomic E-state index is 12.2. The van der Waals surface area contributed by atoms with Crippen molar-refractivity contribution in [3.63, 3.8) is 0 Å². The highest BCUT2D eigenvalue weighted by molar-refractivity contribution is 7.89. The number of oxazole rings is 2. The van der Waals surface area contributed by atoms with E-state index in [4.69, 9.17) is 8.83 Å². The van der Waals surface area contributed by atoms with E-state index in [9.17, 15) is 18.0 Å². The summed E-state index contributed by atoms with van der Waals surface area (Å²) >= 11 is 0. The summed E-state index contributed by atoms with van der Waals surface area (Å²) in [6.45, 7) is 1.75. The van der Waals surface area contributed by atoms with E-state index in [1.54, 1.807) is 25.1 Å². The Kier molecular flexibility index (Phi) is 4.21. The number of carbonyl (C=O) groups is 1. The number of nitrogens with zero attached hydrogens (tertiary/aromatic N) is 1. The molecule has 0 aliphatic heterocycles. The van der Waals surface area contributed by atoms with Gasteiger partial charge >= 0.3 is 5.76 Å². The molecule has 9 nitrogen and oxygen atoms in total. The Morgan fingerprint density at radius 1 is 1.40 bits per heavy atom.